The molecule has 0 saturated carbocycles. The van der Waals surface area contributed by atoms with Crippen molar-refractivity contribution in [1.82, 2.24) is 0 Å². The molecule has 0 aromatic carbocycles. The molecule has 0 amide bonds. The average Bonchev–Trinajstić information content (AvgIpc) is 2.30. The van der Waals surface area contributed by atoms with E-state index in [4.69, 9.17) is 10.5 Å². The molecule has 2 unspecified atom stereocenters. The molecule has 0 radical (unpaired) electrons. The number of ether oxygens (including phenoxy) is 1. The summed E-state index contributed by atoms with van der Waals surface area (Å²) in [6.07, 6.45) is 1.11. The van der Waals surface area contributed by atoms with E-state index in [0.29, 0.717) is 0 Å². The van der Waals surface area contributed by atoms with Crippen molar-refractivity contribution >= 4 is 0 Å². The van der Waals surface area contributed by atoms with E-state index >= 15 is 0 Å². The molecule has 12 heavy (non-hydrogen) atoms. The number of nitrogens with two attached hydrogens (primary N) is 1. The zero-order valence-electron chi connectivity index (χ0n) is 8.68. The zero-order chi connectivity index (χ0) is 9.41. The van der Waals surface area contributed by atoms with Gasteiger partial charge in [-0.25, -0.2) is 0 Å². The molecule has 2 N–H and O–H groups in total. The van der Waals surface area contributed by atoms with E-state index in [2.05, 4.69) is 27.7 Å². The lowest BCUT2D eigenvalue weighted by molar-refractivity contribution is 0.0492. The Hall–Kier alpha value is -0.0800. The third-order valence-electron chi connectivity index (χ3n) is 3.49. The van der Waals surface area contributed by atoms with Gasteiger partial charge in [0.15, 0.2) is 0 Å². The van der Waals surface area contributed by atoms with E-state index in [1.807, 2.05) is 0 Å². The molecule has 1 aliphatic rings. The highest BCUT2D eigenvalue weighted by molar-refractivity contribution is 5.00. The summed E-state index contributed by atoms with van der Waals surface area (Å²) in [6.45, 7) is 10.5. The van der Waals surface area contributed by atoms with Crippen LogP contribution in [0.5, 0.6) is 0 Å². The summed E-state index contributed by atoms with van der Waals surface area (Å²) >= 11 is 0. The normalized spacial score (nSPS) is 37.2. The van der Waals surface area contributed by atoms with Crippen LogP contribution in [0, 0.1) is 10.8 Å². The van der Waals surface area contributed by atoms with Gasteiger partial charge in [-0.05, 0) is 11.8 Å². The van der Waals surface area contributed by atoms with Crippen LogP contribution in [-0.4, -0.2) is 19.3 Å². The Morgan fingerprint density at radius 2 is 2.08 bits per heavy atom. The Kier molecular flexibility index (Phi) is 2.50. The highest BCUT2D eigenvalue weighted by Gasteiger charge is 2.48. The third-order valence-corrected chi connectivity index (χ3v) is 3.49. The maximum Gasteiger partial charge on any atom is 0.0624 e. The molecule has 2 heteroatoms. The molecule has 2 nitrogen and oxygen atoms in total. The minimum absolute atomic E-state index is 0.188. The van der Waals surface area contributed by atoms with Crippen LogP contribution in [0.15, 0.2) is 0 Å². The van der Waals surface area contributed by atoms with E-state index in [9.17, 15) is 0 Å². The fourth-order valence-electron chi connectivity index (χ4n) is 2.30. The van der Waals surface area contributed by atoms with Gasteiger partial charge in [-0.15, -0.1) is 0 Å². The minimum Gasteiger partial charge on any atom is -0.379 e. The van der Waals surface area contributed by atoms with Gasteiger partial charge in [-0.3, -0.25) is 0 Å². The summed E-state index contributed by atoms with van der Waals surface area (Å²) in [5.74, 6) is 0. The van der Waals surface area contributed by atoms with Crippen LogP contribution >= 0.6 is 0 Å². The second kappa shape index (κ2) is 3.00. The van der Waals surface area contributed by atoms with Crippen molar-refractivity contribution in [3.63, 3.8) is 0 Å². The first-order chi connectivity index (χ1) is 5.44. The molecule has 0 aliphatic carbocycles. The lowest BCUT2D eigenvalue weighted by Crippen LogP contribution is -2.49. The molecule has 0 aromatic rings. The SMILES string of the molecule is CCC1(C(C)(C)C)COCC1N. The number of rotatable bonds is 1. The highest BCUT2D eigenvalue weighted by atomic mass is 16.5. The summed E-state index contributed by atoms with van der Waals surface area (Å²) in [7, 11) is 0. The van der Waals surface area contributed by atoms with Crippen LogP contribution in [0.3, 0.4) is 0 Å². The van der Waals surface area contributed by atoms with Crippen molar-refractivity contribution in [2.24, 2.45) is 16.6 Å². The third kappa shape index (κ3) is 1.27. The fraction of sp³-hybridized carbons (Fsp3) is 1.00. The second-order valence-electron chi connectivity index (χ2n) is 4.88. The smallest absolute Gasteiger partial charge is 0.0624 e. The van der Waals surface area contributed by atoms with Crippen LogP contribution in [0.4, 0.5) is 0 Å². The fourth-order valence-corrected chi connectivity index (χ4v) is 2.30. The molecule has 1 aliphatic heterocycles. The van der Waals surface area contributed by atoms with Crippen molar-refractivity contribution in [1.29, 1.82) is 0 Å². The van der Waals surface area contributed by atoms with Crippen LogP contribution < -0.4 is 5.73 Å². The molecule has 1 fully saturated rings. The van der Waals surface area contributed by atoms with Gasteiger partial charge in [0.2, 0.25) is 0 Å². The Balaban J connectivity index is 2.89. The first-order valence-corrected chi connectivity index (χ1v) is 4.77. The Morgan fingerprint density at radius 3 is 2.25 bits per heavy atom. The highest BCUT2D eigenvalue weighted by Crippen LogP contribution is 2.46. The monoisotopic (exact) mass is 171 g/mol. The van der Waals surface area contributed by atoms with E-state index < -0.39 is 0 Å². The van der Waals surface area contributed by atoms with Crippen LogP contribution in [0.1, 0.15) is 34.1 Å². The Bertz CT molecular complexity index is 162. The van der Waals surface area contributed by atoms with Crippen LogP contribution in [0.25, 0.3) is 0 Å². The van der Waals surface area contributed by atoms with Crippen LogP contribution in [0.2, 0.25) is 0 Å². The van der Waals surface area contributed by atoms with Gasteiger partial charge in [0.05, 0.1) is 13.2 Å². The second-order valence-corrected chi connectivity index (χ2v) is 4.88. The maximum atomic E-state index is 6.09. The van der Waals surface area contributed by atoms with Gasteiger partial charge in [-0.2, -0.15) is 0 Å². The maximum absolute atomic E-state index is 6.09. The molecule has 72 valence electrons. The van der Waals surface area contributed by atoms with Crippen molar-refractivity contribution in [3.05, 3.63) is 0 Å². The van der Waals surface area contributed by atoms with Crippen molar-refractivity contribution in [2.45, 2.75) is 40.2 Å². The number of hydrogen-bond acceptors (Lipinski definition) is 2. The molecule has 0 bridgehead atoms. The zero-order valence-corrected chi connectivity index (χ0v) is 8.68. The van der Waals surface area contributed by atoms with E-state index in [1.54, 1.807) is 0 Å². The summed E-state index contributed by atoms with van der Waals surface area (Å²) in [6, 6.07) is 0.211. The van der Waals surface area contributed by atoms with E-state index in [1.165, 1.54) is 0 Å². The molecular formula is C10H21NO. The van der Waals surface area contributed by atoms with Crippen LogP contribution in [-0.2, 0) is 4.74 Å². The summed E-state index contributed by atoms with van der Waals surface area (Å²) in [5.41, 5.74) is 6.52. The predicted octanol–water partition coefficient (Wildman–Crippen LogP) is 1.79. The Labute approximate surface area is 75.5 Å². The summed E-state index contributed by atoms with van der Waals surface area (Å²) in [4.78, 5) is 0. The van der Waals surface area contributed by atoms with E-state index in [0.717, 1.165) is 19.6 Å². The first kappa shape index (κ1) is 10.0. The molecule has 1 saturated heterocycles. The van der Waals surface area contributed by atoms with Crippen molar-refractivity contribution in [2.75, 3.05) is 13.2 Å². The molecule has 0 spiro atoms. The molecule has 2 atom stereocenters. The van der Waals surface area contributed by atoms with Gasteiger partial charge < -0.3 is 10.5 Å². The number of hydrogen-bond donors (Lipinski definition) is 1. The largest absolute Gasteiger partial charge is 0.379 e. The lowest BCUT2D eigenvalue weighted by atomic mass is 9.62. The standard InChI is InChI=1S/C10H21NO/c1-5-10(9(2,3)4)7-12-6-8(10)11/h8H,5-7,11H2,1-4H3. The van der Waals surface area contributed by atoms with Gasteiger partial charge in [0.1, 0.15) is 0 Å². The molecule has 0 aromatic heterocycles. The van der Waals surface area contributed by atoms with Crippen molar-refractivity contribution < 1.29 is 4.74 Å². The predicted molar refractivity (Wildman–Crippen MR) is 51.0 cm³/mol. The quantitative estimate of drug-likeness (QED) is 0.652. The molecule has 1 rings (SSSR count). The van der Waals surface area contributed by atoms with Gasteiger partial charge in [0.25, 0.3) is 0 Å². The molecular weight excluding hydrogens is 150 g/mol. The molecule has 1 heterocycles. The Morgan fingerprint density at radius 1 is 1.50 bits per heavy atom. The van der Waals surface area contributed by atoms with Crippen molar-refractivity contribution in [3.8, 4) is 0 Å². The van der Waals surface area contributed by atoms with Gasteiger partial charge in [0, 0.05) is 11.5 Å². The average molecular weight is 171 g/mol. The lowest BCUT2D eigenvalue weighted by Gasteiger charge is -2.43. The van der Waals surface area contributed by atoms with Gasteiger partial charge in [-0.1, -0.05) is 27.7 Å². The topological polar surface area (TPSA) is 35.2 Å². The first-order valence-electron chi connectivity index (χ1n) is 4.77. The summed E-state index contributed by atoms with van der Waals surface area (Å²) < 4.78 is 5.47. The van der Waals surface area contributed by atoms with Gasteiger partial charge >= 0.3 is 0 Å². The van der Waals surface area contributed by atoms with E-state index in [-0.39, 0.29) is 16.9 Å². The summed E-state index contributed by atoms with van der Waals surface area (Å²) in [5, 5.41) is 0. The minimum atomic E-state index is 0.188.